The number of H-pyrrole nitrogens is 2. The Labute approximate surface area is 172 Å². The van der Waals surface area contributed by atoms with Gasteiger partial charge in [0.2, 0.25) is 11.8 Å². The Hall–Kier alpha value is -4.48. The summed E-state index contributed by atoms with van der Waals surface area (Å²) in [5.74, 6) is -0.433. The second-order valence-corrected chi connectivity index (χ2v) is 6.98. The van der Waals surface area contributed by atoms with Crippen molar-refractivity contribution in [2.75, 3.05) is 0 Å². The summed E-state index contributed by atoms with van der Waals surface area (Å²) in [7, 11) is 0. The van der Waals surface area contributed by atoms with Crippen molar-refractivity contribution in [3.63, 3.8) is 0 Å². The second-order valence-electron chi connectivity index (χ2n) is 6.98. The third-order valence-electron chi connectivity index (χ3n) is 4.59. The first-order chi connectivity index (χ1) is 15.0. The molecule has 1 fully saturated rings. The average Bonchev–Trinajstić information content (AvgIpc) is 3.37. The lowest BCUT2D eigenvalue weighted by molar-refractivity contribution is 0.100. The summed E-state index contributed by atoms with van der Waals surface area (Å²) in [6.07, 6.45) is 4.98. The first-order valence-electron chi connectivity index (χ1n) is 9.36. The Morgan fingerprint density at radius 3 is 2.68 bits per heavy atom. The summed E-state index contributed by atoms with van der Waals surface area (Å²) in [6.45, 7) is 0. The third-order valence-corrected chi connectivity index (χ3v) is 4.59. The number of primary amides is 1. The highest BCUT2D eigenvalue weighted by Crippen LogP contribution is 2.22. The molecule has 1 aliphatic carbocycles. The molecule has 1 aromatic carbocycles. The Balaban J connectivity index is 1.62. The van der Waals surface area contributed by atoms with Crippen LogP contribution in [0.5, 0.6) is 17.6 Å². The summed E-state index contributed by atoms with van der Waals surface area (Å²) >= 11 is 0. The summed E-state index contributed by atoms with van der Waals surface area (Å²) in [6, 6.07) is 6.43. The molecule has 0 atom stereocenters. The van der Waals surface area contributed by atoms with Gasteiger partial charge in [0.15, 0.2) is 5.65 Å². The maximum absolute atomic E-state index is 11.4. The Morgan fingerprint density at radius 1 is 1.26 bits per heavy atom. The van der Waals surface area contributed by atoms with E-state index in [9.17, 15) is 14.7 Å². The molecule has 1 amide bonds. The molecule has 1 saturated carbocycles. The number of hydrogen-bond donors (Lipinski definition) is 4. The number of ether oxygens (including phenoxy) is 1. The Bertz CT molecular complexity index is 1480. The van der Waals surface area contributed by atoms with Crippen LogP contribution >= 0.6 is 0 Å². The third kappa shape index (κ3) is 3.73. The summed E-state index contributed by atoms with van der Waals surface area (Å²) in [5, 5.41) is 14.6. The van der Waals surface area contributed by atoms with Crippen LogP contribution < -0.4 is 27.0 Å². The van der Waals surface area contributed by atoms with Crippen LogP contribution in [0.25, 0.3) is 11.7 Å². The SMILES string of the molecule is NC(=O)c1ccc(Oc2nc(=NC3CC3)n3nc/c(=C\c4[nH]c(=O)[nH]c4O)c3n2)cc1. The van der Waals surface area contributed by atoms with Gasteiger partial charge in [0.25, 0.3) is 5.62 Å². The smallest absolute Gasteiger partial charge is 0.327 e. The number of imidazole rings is 1. The van der Waals surface area contributed by atoms with Gasteiger partial charge in [-0.05, 0) is 43.2 Å². The number of rotatable bonds is 5. The quantitative estimate of drug-likeness (QED) is 0.331. The van der Waals surface area contributed by atoms with E-state index in [1.54, 1.807) is 12.1 Å². The van der Waals surface area contributed by atoms with Crippen LogP contribution in [0.1, 0.15) is 28.9 Å². The minimum absolute atomic E-state index is 0.0284. The number of benzene rings is 1. The maximum Gasteiger partial charge on any atom is 0.327 e. The lowest BCUT2D eigenvalue weighted by atomic mass is 10.2. The van der Waals surface area contributed by atoms with Crippen molar-refractivity contribution in [3.8, 4) is 17.6 Å². The van der Waals surface area contributed by atoms with Gasteiger partial charge in [-0.1, -0.05) is 0 Å². The molecular weight excluding hydrogens is 404 g/mol. The van der Waals surface area contributed by atoms with Crippen molar-refractivity contribution in [1.82, 2.24) is 29.5 Å². The summed E-state index contributed by atoms with van der Waals surface area (Å²) in [5.41, 5.74) is 5.95. The van der Waals surface area contributed by atoms with Gasteiger partial charge >= 0.3 is 11.7 Å². The van der Waals surface area contributed by atoms with Crippen LogP contribution in [0.4, 0.5) is 0 Å². The van der Waals surface area contributed by atoms with E-state index < -0.39 is 11.6 Å². The monoisotopic (exact) mass is 420 g/mol. The summed E-state index contributed by atoms with van der Waals surface area (Å²) in [4.78, 5) is 40.7. The van der Waals surface area contributed by atoms with E-state index in [1.807, 2.05) is 0 Å². The van der Waals surface area contributed by atoms with E-state index in [4.69, 9.17) is 10.5 Å². The first-order valence-corrected chi connectivity index (χ1v) is 9.36. The molecule has 4 aromatic rings. The number of amides is 1. The molecule has 5 N–H and O–H groups in total. The van der Waals surface area contributed by atoms with Crippen molar-refractivity contribution in [2.24, 2.45) is 10.7 Å². The number of aromatic nitrogens is 6. The minimum atomic E-state index is -0.541. The number of nitrogens with one attached hydrogen (secondary N) is 2. The van der Waals surface area contributed by atoms with Crippen LogP contribution in [0.2, 0.25) is 0 Å². The normalized spacial score (nSPS) is 15.0. The molecule has 3 heterocycles. The van der Waals surface area contributed by atoms with Crippen LogP contribution in [-0.2, 0) is 0 Å². The highest BCUT2D eigenvalue weighted by Gasteiger charge is 2.21. The number of nitrogens with zero attached hydrogens (tertiary/aromatic N) is 5. The van der Waals surface area contributed by atoms with E-state index in [0.29, 0.717) is 27.8 Å². The minimum Gasteiger partial charge on any atom is -0.493 e. The highest BCUT2D eigenvalue weighted by atomic mass is 16.5. The molecule has 12 heteroatoms. The standard InChI is InChI=1S/C19H16N8O4/c20-14(28)9-1-5-12(6-2-9)31-19-24-15-10(7-13-16(29)25-18(30)23-13)8-21-27(15)17(26-19)22-11-3-4-11/h1-2,5-8,11,29H,3-4H2,(H2,20,28)(H2,23,25,30)/b10-7+,22-17?. The maximum atomic E-state index is 11.4. The molecule has 5 rings (SSSR count). The van der Waals surface area contributed by atoms with Gasteiger partial charge in [-0.25, -0.2) is 9.79 Å². The highest BCUT2D eigenvalue weighted by molar-refractivity contribution is 5.92. The number of hydrogen-bond acceptors (Lipinski definition) is 8. The van der Waals surface area contributed by atoms with E-state index in [-0.39, 0.29) is 23.6 Å². The topological polar surface area (TPSA) is 177 Å². The Kier molecular flexibility index (Phi) is 4.24. The lowest BCUT2D eigenvalue weighted by Gasteiger charge is -2.05. The second kappa shape index (κ2) is 7.09. The molecule has 0 saturated heterocycles. The number of aromatic hydroxyl groups is 1. The van der Waals surface area contributed by atoms with Gasteiger partial charge in [-0.15, -0.1) is 0 Å². The van der Waals surface area contributed by atoms with Gasteiger partial charge in [0.1, 0.15) is 11.4 Å². The molecule has 3 aromatic heterocycles. The number of fused-ring (bicyclic) bond motifs is 1. The zero-order valence-corrected chi connectivity index (χ0v) is 15.9. The van der Waals surface area contributed by atoms with Crippen molar-refractivity contribution in [1.29, 1.82) is 0 Å². The average molecular weight is 420 g/mol. The molecule has 156 valence electrons. The van der Waals surface area contributed by atoms with Crippen molar-refractivity contribution in [2.45, 2.75) is 18.9 Å². The summed E-state index contributed by atoms with van der Waals surface area (Å²) < 4.78 is 7.23. The number of carbonyl (C=O) groups excluding carboxylic acids is 1. The van der Waals surface area contributed by atoms with E-state index >= 15 is 0 Å². The Morgan fingerprint density at radius 2 is 2.03 bits per heavy atom. The fourth-order valence-electron chi connectivity index (χ4n) is 2.90. The van der Waals surface area contributed by atoms with E-state index in [0.717, 1.165) is 12.8 Å². The predicted molar refractivity (Wildman–Crippen MR) is 106 cm³/mol. The molecule has 12 nitrogen and oxygen atoms in total. The molecule has 0 unspecified atom stereocenters. The fourth-order valence-corrected chi connectivity index (χ4v) is 2.90. The molecule has 0 aliphatic heterocycles. The van der Waals surface area contributed by atoms with Crippen molar-refractivity contribution >= 4 is 17.6 Å². The molecule has 0 bridgehead atoms. The van der Waals surface area contributed by atoms with Crippen LogP contribution in [-0.4, -0.2) is 46.6 Å². The van der Waals surface area contributed by atoms with E-state index in [2.05, 4.69) is 30.0 Å². The number of nitrogens with two attached hydrogens (primary N) is 1. The van der Waals surface area contributed by atoms with Gasteiger partial charge in [-0.3, -0.25) is 9.78 Å². The van der Waals surface area contributed by atoms with Gasteiger partial charge in [0, 0.05) is 10.8 Å². The number of carbonyl (C=O) groups is 1. The zero-order valence-electron chi connectivity index (χ0n) is 15.9. The van der Waals surface area contributed by atoms with Gasteiger partial charge < -0.3 is 20.6 Å². The molecule has 31 heavy (non-hydrogen) atoms. The van der Waals surface area contributed by atoms with Crippen LogP contribution in [0, 0.1) is 0 Å². The van der Waals surface area contributed by atoms with Crippen molar-refractivity contribution < 1.29 is 14.6 Å². The molecular formula is C19H16N8O4. The van der Waals surface area contributed by atoms with Crippen LogP contribution in [0.3, 0.4) is 0 Å². The van der Waals surface area contributed by atoms with Crippen molar-refractivity contribution in [3.05, 3.63) is 63.0 Å². The zero-order chi connectivity index (χ0) is 21.5. The van der Waals surface area contributed by atoms with Crippen LogP contribution in [0.15, 0.2) is 40.2 Å². The molecule has 0 spiro atoms. The van der Waals surface area contributed by atoms with Gasteiger partial charge in [0.05, 0.1) is 12.2 Å². The molecule has 1 aliphatic rings. The van der Waals surface area contributed by atoms with E-state index in [1.165, 1.54) is 28.9 Å². The number of aromatic amines is 2. The lowest BCUT2D eigenvalue weighted by Crippen LogP contribution is -2.23. The largest absolute Gasteiger partial charge is 0.493 e. The predicted octanol–water partition coefficient (Wildman–Crippen LogP) is -0.652. The first kappa shape index (κ1) is 18.5. The molecule has 0 radical (unpaired) electrons. The fraction of sp³-hybridized carbons (Fsp3) is 0.158. The van der Waals surface area contributed by atoms with Gasteiger partial charge in [-0.2, -0.15) is 19.6 Å².